The van der Waals surface area contributed by atoms with Crippen molar-refractivity contribution in [3.63, 3.8) is 0 Å². The molecule has 1 heterocycles. The number of thiazole rings is 1. The van der Waals surface area contributed by atoms with Crippen LogP contribution in [-0.4, -0.2) is 24.2 Å². The van der Waals surface area contributed by atoms with Crippen LogP contribution < -0.4 is 5.32 Å². The Balaban J connectivity index is 1.82. The highest BCUT2D eigenvalue weighted by Gasteiger charge is 2.27. The number of anilines is 1. The normalized spacial score (nSPS) is 23.7. The van der Waals surface area contributed by atoms with E-state index in [2.05, 4.69) is 10.3 Å². The molecule has 0 spiro atoms. The zero-order valence-electron chi connectivity index (χ0n) is 10.1. The monoisotopic (exact) mass is 266 g/mol. The molecule has 0 amide bonds. The fourth-order valence-corrected chi connectivity index (χ4v) is 3.40. The number of nitrogens with one attached hydrogen (secondary N) is 1. The molecule has 0 saturated heterocycles. The van der Waals surface area contributed by atoms with E-state index >= 15 is 0 Å². The number of hydrogen-bond donors (Lipinski definition) is 1. The van der Waals surface area contributed by atoms with Crippen LogP contribution >= 0.6 is 11.3 Å². The van der Waals surface area contributed by atoms with Crippen LogP contribution in [0.25, 0.3) is 10.2 Å². The molecule has 0 radical (unpaired) electrons. The van der Waals surface area contributed by atoms with E-state index in [0.29, 0.717) is 6.04 Å². The first-order valence-electron chi connectivity index (χ1n) is 6.11. The molecule has 1 aromatic carbocycles. The standard InChI is InChI=1S/C13H15FN2OS/c1-17-11-4-2-3-9(11)15-13-16-10-7-8(14)5-6-12(10)18-13/h5-7,9,11H,2-4H2,1H3,(H,15,16). The Kier molecular flexibility index (Phi) is 3.18. The van der Waals surface area contributed by atoms with Gasteiger partial charge in [0.15, 0.2) is 5.13 Å². The number of halogens is 1. The van der Waals surface area contributed by atoms with E-state index in [-0.39, 0.29) is 11.9 Å². The summed E-state index contributed by atoms with van der Waals surface area (Å²) in [5.41, 5.74) is 0.717. The van der Waals surface area contributed by atoms with Crippen LogP contribution in [0, 0.1) is 5.82 Å². The molecule has 1 aliphatic carbocycles. The molecule has 2 aromatic rings. The summed E-state index contributed by atoms with van der Waals surface area (Å²) < 4.78 is 19.5. The van der Waals surface area contributed by atoms with Gasteiger partial charge in [-0.15, -0.1) is 0 Å². The lowest BCUT2D eigenvalue weighted by Crippen LogP contribution is -2.29. The first-order valence-corrected chi connectivity index (χ1v) is 6.93. The highest BCUT2D eigenvalue weighted by Crippen LogP contribution is 2.30. The molecular weight excluding hydrogens is 251 g/mol. The van der Waals surface area contributed by atoms with E-state index in [1.165, 1.54) is 18.6 Å². The van der Waals surface area contributed by atoms with Crippen LogP contribution in [0.1, 0.15) is 19.3 Å². The second kappa shape index (κ2) is 4.82. The predicted molar refractivity (Wildman–Crippen MR) is 71.6 cm³/mol. The Bertz CT molecular complexity index is 557. The molecule has 1 aromatic heterocycles. The zero-order valence-corrected chi connectivity index (χ0v) is 11.0. The van der Waals surface area contributed by atoms with Gasteiger partial charge in [0.05, 0.1) is 22.4 Å². The minimum absolute atomic E-state index is 0.241. The molecular formula is C13H15FN2OS. The maximum atomic E-state index is 13.1. The number of benzene rings is 1. The van der Waals surface area contributed by atoms with Gasteiger partial charge in [-0.25, -0.2) is 9.37 Å². The van der Waals surface area contributed by atoms with E-state index in [1.54, 1.807) is 24.5 Å². The summed E-state index contributed by atoms with van der Waals surface area (Å²) in [4.78, 5) is 4.42. The highest BCUT2D eigenvalue weighted by atomic mass is 32.1. The number of hydrogen-bond acceptors (Lipinski definition) is 4. The Morgan fingerprint density at radius 2 is 2.33 bits per heavy atom. The fourth-order valence-electron chi connectivity index (χ4n) is 2.49. The summed E-state index contributed by atoms with van der Waals surface area (Å²) in [6, 6.07) is 5.04. The van der Waals surface area contributed by atoms with Crippen molar-refractivity contribution in [2.75, 3.05) is 12.4 Å². The third-order valence-electron chi connectivity index (χ3n) is 3.41. The first kappa shape index (κ1) is 11.9. The van der Waals surface area contributed by atoms with E-state index in [4.69, 9.17) is 4.74 Å². The van der Waals surface area contributed by atoms with E-state index < -0.39 is 0 Å². The lowest BCUT2D eigenvalue weighted by molar-refractivity contribution is 0.101. The average molecular weight is 266 g/mol. The molecule has 2 atom stereocenters. The van der Waals surface area contributed by atoms with Crippen LogP contribution in [0.2, 0.25) is 0 Å². The summed E-state index contributed by atoms with van der Waals surface area (Å²) in [6.45, 7) is 0. The molecule has 0 bridgehead atoms. The summed E-state index contributed by atoms with van der Waals surface area (Å²) in [7, 11) is 1.75. The molecule has 5 heteroatoms. The van der Waals surface area contributed by atoms with Gasteiger partial charge in [0.2, 0.25) is 0 Å². The Labute approximate surface area is 109 Å². The van der Waals surface area contributed by atoms with Gasteiger partial charge in [0, 0.05) is 13.2 Å². The summed E-state index contributed by atoms with van der Waals surface area (Å²) in [6.07, 6.45) is 3.63. The second-order valence-electron chi connectivity index (χ2n) is 4.59. The Morgan fingerprint density at radius 1 is 1.44 bits per heavy atom. The number of aromatic nitrogens is 1. The molecule has 1 N–H and O–H groups in total. The number of ether oxygens (including phenoxy) is 1. The largest absolute Gasteiger partial charge is 0.379 e. The predicted octanol–water partition coefficient (Wildman–Crippen LogP) is 3.41. The van der Waals surface area contributed by atoms with Gasteiger partial charge in [-0.2, -0.15) is 0 Å². The molecule has 18 heavy (non-hydrogen) atoms. The van der Waals surface area contributed by atoms with Crippen LogP contribution in [0.5, 0.6) is 0 Å². The van der Waals surface area contributed by atoms with Crippen molar-refractivity contribution in [1.82, 2.24) is 4.98 Å². The third kappa shape index (κ3) is 2.20. The fraction of sp³-hybridized carbons (Fsp3) is 0.462. The van der Waals surface area contributed by atoms with Crippen molar-refractivity contribution in [2.45, 2.75) is 31.4 Å². The van der Waals surface area contributed by atoms with E-state index in [0.717, 1.165) is 28.2 Å². The topological polar surface area (TPSA) is 34.1 Å². The average Bonchev–Trinajstić information content (AvgIpc) is 2.94. The van der Waals surface area contributed by atoms with Gasteiger partial charge in [0.25, 0.3) is 0 Å². The van der Waals surface area contributed by atoms with Crippen molar-refractivity contribution in [2.24, 2.45) is 0 Å². The van der Waals surface area contributed by atoms with Crippen molar-refractivity contribution in [3.8, 4) is 0 Å². The summed E-state index contributed by atoms with van der Waals surface area (Å²) >= 11 is 1.56. The number of nitrogens with zero attached hydrogens (tertiary/aromatic N) is 1. The summed E-state index contributed by atoms with van der Waals surface area (Å²) in [5.74, 6) is -0.241. The van der Waals surface area contributed by atoms with Gasteiger partial charge in [0.1, 0.15) is 5.82 Å². The van der Waals surface area contributed by atoms with Crippen LogP contribution in [0.15, 0.2) is 18.2 Å². The second-order valence-corrected chi connectivity index (χ2v) is 5.62. The molecule has 96 valence electrons. The van der Waals surface area contributed by atoms with Gasteiger partial charge >= 0.3 is 0 Å². The van der Waals surface area contributed by atoms with Crippen LogP contribution in [0.4, 0.5) is 9.52 Å². The highest BCUT2D eigenvalue weighted by molar-refractivity contribution is 7.22. The Morgan fingerprint density at radius 3 is 3.17 bits per heavy atom. The SMILES string of the molecule is COC1CCCC1Nc1nc2cc(F)ccc2s1. The van der Waals surface area contributed by atoms with Gasteiger partial charge in [-0.05, 0) is 31.4 Å². The molecule has 2 unspecified atom stereocenters. The van der Waals surface area contributed by atoms with Crippen molar-refractivity contribution in [1.29, 1.82) is 0 Å². The Hall–Kier alpha value is -1.20. The summed E-state index contributed by atoms with van der Waals surface area (Å²) in [5, 5.41) is 4.26. The molecule has 3 rings (SSSR count). The molecule has 0 aliphatic heterocycles. The minimum Gasteiger partial charge on any atom is -0.379 e. The van der Waals surface area contributed by atoms with Gasteiger partial charge in [-0.1, -0.05) is 11.3 Å². The van der Waals surface area contributed by atoms with Gasteiger partial charge < -0.3 is 10.1 Å². The third-order valence-corrected chi connectivity index (χ3v) is 4.38. The van der Waals surface area contributed by atoms with Crippen molar-refractivity contribution >= 4 is 26.7 Å². The van der Waals surface area contributed by atoms with Crippen molar-refractivity contribution in [3.05, 3.63) is 24.0 Å². The zero-order chi connectivity index (χ0) is 12.5. The maximum Gasteiger partial charge on any atom is 0.184 e. The van der Waals surface area contributed by atoms with E-state index in [9.17, 15) is 4.39 Å². The number of fused-ring (bicyclic) bond motifs is 1. The maximum absolute atomic E-state index is 13.1. The first-order chi connectivity index (χ1) is 8.76. The van der Waals surface area contributed by atoms with E-state index in [1.807, 2.05) is 0 Å². The molecule has 3 nitrogen and oxygen atoms in total. The van der Waals surface area contributed by atoms with Crippen molar-refractivity contribution < 1.29 is 9.13 Å². The molecule has 1 fully saturated rings. The van der Waals surface area contributed by atoms with Crippen LogP contribution in [0.3, 0.4) is 0 Å². The van der Waals surface area contributed by atoms with Crippen LogP contribution in [-0.2, 0) is 4.74 Å². The minimum atomic E-state index is -0.241. The molecule has 1 aliphatic rings. The smallest absolute Gasteiger partial charge is 0.184 e. The lowest BCUT2D eigenvalue weighted by atomic mass is 10.2. The molecule has 1 saturated carbocycles. The number of methoxy groups -OCH3 is 1. The number of rotatable bonds is 3. The quantitative estimate of drug-likeness (QED) is 0.924. The van der Waals surface area contributed by atoms with Gasteiger partial charge in [-0.3, -0.25) is 0 Å². The lowest BCUT2D eigenvalue weighted by Gasteiger charge is -2.18.